The summed E-state index contributed by atoms with van der Waals surface area (Å²) < 4.78 is 11.1. The van der Waals surface area contributed by atoms with Crippen LogP contribution < -0.4 is 0 Å². The standard InChI is InChI=1S/C22H22O11/c1-5-11-13(17(26)8(32-5)4-10(24)25)20(29)14-15(18(11)27)21(30)16-12(19(14)28)7-3-9(23)22(16,31)6(2)33-7/h5-9,17,23,26-27,29,31H,3-4H2,1-2H3,(H,24,25)/t5-,6+,7-,8-,9-,17+,22+/m0/s1. The van der Waals surface area contributed by atoms with Crippen molar-refractivity contribution in [3.05, 3.63) is 33.4 Å². The van der Waals surface area contributed by atoms with Gasteiger partial charge in [-0.15, -0.1) is 0 Å². The third-order valence-corrected chi connectivity index (χ3v) is 7.18. The number of aromatic hydroxyl groups is 2. The summed E-state index contributed by atoms with van der Waals surface area (Å²) in [7, 11) is 0. The molecule has 0 amide bonds. The average molecular weight is 462 g/mol. The highest BCUT2D eigenvalue weighted by atomic mass is 16.5. The van der Waals surface area contributed by atoms with Gasteiger partial charge in [0.2, 0.25) is 0 Å². The smallest absolute Gasteiger partial charge is 0.306 e. The van der Waals surface area contributed by atoms with Crippen molar-refractivity contribution in [2.75, 3.05) is 0 Å². The molecule has 0 spiro atoms. The van der Waals surface area contributed by atoms with Gasteiger partial charge in [0.05, 0.1) is 48.1 Å². The lowest BCUT2D eigenvalue weighted by Gasteiger charge is -2.52. The highest BCUT2D eigenvalue weighted by Gasteiger charge is 2.62. The van der Waals surface area contributed by atoms with E-state index in [9.17, 15) is 39.9 Å². The number of ether oxygens (including phenoxy) is 2. The number of Topliss-reactive ketones (excluding diaryl/α,β-unsaturated/α-hetero) is 2. The first-order chi connectivity index (χ1) is 15.4. The molecule has 0 unspecified atom stereocenters. The molecule has 1 aromatic carbocycles. The molecule has 1 saturated heterocycles. The van der Waals surface area contributed by atoms with E-state index in [4.69, 9.17) is 14.6 Å². The minimum atomic E-state index is -2.19. The second-order valence-corrected chi connectivity index (χ2v) is 8.92. The molecule has 11 heteroatoms. The Morgan fingerprint density at radius 3 is 2.24 bits per heavy atom. The molecule has 176 valence electrons. The molecule has 0 saturated carbocycles. The minimum Gasteiger partial charge on any atom is -0.507 e. The molecule has 33 heavy (non-hydrogen) atoms. The van der Waals surface area contributed by atoms with E-state index >= 15 is 0 Å². The van der Waals surface area contributed by atoms with Crippen molar-refractivity contribution in [3.63, 3.8) is 0 Å². The largest absolute Gasteiger partial charge is 0.507 e. The lowest BCUT2D eigenvalue weighted by atomic mass is 9.63. The topological polar surface area (TPSA) is 191 Å². The van der Waals surface area contributed by atoms with Crippen molar-refractivity contribution in [1.29, 1.82) is 0 Å². The number of fused-ring (bicyclic) bond motifs is 4. The zero-order valence-corrected chi connectivity index (χ0v) is 17.6. The maximum atomic E-state index is 13.6. The van der Waals surface area contributed by atoms with Gasteiger partial charge in [-0.25, -0.2) is 0 Å². The number of carbonyl (C=O) groups is 3. The van der Waals surface area contributed by atoms with Crippen LogP contribution in [-0.4, -0.2) is 78.2 Å². The lowest BCUT2D eigenvalue weighted by Crippen LogP contribution is -2.66. The molecule has 2 aliphatic carbocycles. The van der Waals surface area contributed by atoms with Gasteiger partial charge in [-0.05, 0) is 13.8 Å². The SMILES string of the molecule is C[C@@H]1O[C@@H](CC(=O)O)[C@@H](O)c2c(O)c3c(c(O)c21)C(=O)C1=C(C3=O)[C@@H]2C[C@H](O)[C@]1(O)[C@@H](C)O2. The van der Waals surface area contributed by atoms with E-state index < -0.39 is 88.8 Å². The van der Waals surface area contributed by atoms with Crippen molar-refractivity contribution < 1.29 is 54.5 Å². The van der Waals surface area contributed by atoms with Gasteiger partial charge in [0.1, 0.15) is 23.2 Å². The molecule has 1 fully saturated rings. The van der Waals surface area contributed by atoms with Crippen molar-refractivity contribution in [2.24, 2.45) is 0 Å². The second-order valence-electron chi connectivity index (χ2n) is 8.92. The molecule has 5 aliphatic rings. The van der Waals surface area contributed by atoms with Crippen LogP contribution in [0.4, 0.5) is 0 Å². The van der Waals surface area contributed by atoms with Crippen LogP contribution in [0.15, 0.2) is 11.1 Å². The quantitative estimate of drug-likeness (QED) is 0.325. The molecule has 0 radical (unpaired) electrons. The van der Waals surface area contributed by atoms with E-state index in [0.29, 0.717) is 0 Å². The van der Waals surface area contributed by atoms with Gasteiger partial charge in [-0.3, -0.25) is 14.4 Å². The second kappa shape index (κ2) is 6.84. The van der Waals surface area contributed by atoms with Gasteiger partial charge < -0.3 is 40.1 Å². The Balaban J connectivity index is 1.76. The first-order valence-electron chi connectivity index (χ1n) is 10.5. The summed E-state index contributed by atoms with van der Waals surface area (Å²) >= 11 is 0. The Labute approximate surface area is 186 Å². The molecule has 6 rings (SSSR count). The van der Waals surface area contributed by atoms with Crippen LogP contribution >= 0.6 is 0 Å². The van der Waals surface area contributed by atoms with Crippen molar-refractivity contribution >= 4 is 17.5 Å². The van der Waals surface area contributed by atoms with Crippen LogP contribution in [0.5, 0.6) is 11.5 Å². The number of aliphatic hydroxyl groups excluding tert-OH is 2. The van der Waals surface area contributed by atoms with Gasteiger partial charge in [0.15, 0.2) is 11.6 Å². The first kappa shape index (κ1) is 22.0. The Hall–Kier alpha value is -2.83. The number of benzene rings is 1. The Bertz CT molecular complexity index is 1150. The van der Waals surface area contributed by atoms with Crippen molar-refractivity contribution in [1.82, 2.24) is 0 Å². The zero-order chi connectivity index (χ0) is 24.1. The summed E-state index contributed by atoms with van der Waals surface area (Å²) in [6.07, 6.45) is -8.21. The number of aliphatic carboxylic acids is 1. The summed E-state index contributed by atoms with van der Waals surface area (Å²) in [4.78, 5) is 38.2. The summed E-state index contributed by atoms with van der Waals surface area (Å²) in [5, 5.41) is 63.6. The molecule has 7 atom stereocenters. The zero-order valence-electron chi connectivity index (χ0n) is 17.6. The average Bonchev–Trinajstić information content (AvgIpc) is 2.72. The number of phenols is 2. The Kier molecular flexibility index (Phi) is 4.56. The van der Waals surface area contributed by atoms with E-state index in [1.807, 2.05) is 0 Å². The molecular formula is C22H22O11. The maximum absolute atomic E-state index is 13.6. The summed E-state index contributed by atoms with van der Waals surface area (Å²) in [6, 6.07) is 0. The normalized spacial score (nSPS) is 37.0. The first-order valence-corrected chi connectivity index (χ1v) is 10.5. The lowest BCUT2D eigenvalue weighted by molar-refractivity contribution is -0.207. The van der Waals surface area contributed by atoms with Crippen LogP contribution in [0, 0.1) is 0 Å². The number of carboxylic acid groups (broad SMARTS) is 1. The summed E-state index contributed by atoms with van der Waals surface area (Å²) in [6.45, 7) is 2.88. The Morgan fingerprint density at radius 2 is 1.64 bits per heavy atom. The van der Waals surface area contributed by atoms with E-state index in [2.05, 4.69) is 0 Å². The minimum absolute atomic E-state index is 0.153. The van der Waals surface area contributed by atoms with Crippen LogP contribution in [0.3, 0.4) is 0 Å². The molecule has 6 N–H and O–H groups in total. The number of phenolic OH excluding ortho intramolecular Hbond substituents is 2. The van der Waals surface area contributed by atoms with E-state index in [1.54, 1.807) is 0 Å². The fourth-order valence-corrected chi connectivity index (χ4v) is 5.65. The van der Waals surface area contributed by atoms with Crippen LogP contribution in [0.2, 0.25) is 0 Å². The predicted octanol–water partition coefficient (Wildman–Crippen LogP) is 0.0243. The summed E-state index contributed by atoms with van der Waals surface area (Å²) in [5.41, 5.74) is -4.40. The number of carbonyl (C=O) groups excluding carboxylic acids is 2. The van der Waals surface area contributed by atoms with Crippen molar-refractivity contribution in [3.8, 4) is 11.5 Å². The number of aliphatic hydroxyl groups is 3. The van der Waals surface area contributed by atoms with E-state index in [0.717, 1.165) is 0 Å². The molecule has 1 aromatic rings. The third-order valence-electron chi connectivity index (χ3n) is 7.18. The monoisotopic (exact) mass is 462 g/mol. The van der Waals surface area contributed by atoms with Crippen LogP contribution in [0.1, 0.15) is 70.7 Å². The highest BCUT2D eigenvalue weighted by molar-refractivity contribution is 6.30. The van der Waals surface area contributed by atoms with Gasteiger partial charge in [-0.1, -0.05) is 0 Å². The highest BCUT2D eigenvalue weighted by Crippen LogP contribution is 2.55. The number of ketones is 2. The molecule has 3 aliphatic heterocycles. The van der Waals surface area contributed by atoms with Gasteiger partial charge in [-0.2, -0.15) is 0 Å². The van der Waals surface area contributed by atoms with Crippen molar-refractivity contribution in [2.45, 2.75) is 68.9 Å². The molecule has 0 aromatic heterocycles. The molecule has 3 heterocycles. The van der Waals surface area contributed by atoms with Gasteiger partial charge in [0.25, 0.3) is 0 Å². The fourth-order valence-electron chi connectivity index (χ4n) is 5.65. The number of rotatable bonds is 2. The summed E-state index contributed by atoms with van der Waals surface area (Å²) in [5.74, 6) is -4.61. The van der Waals surface area contributed by atoms with E-state index in [1.165, 1.54) is 13.8 Å². The molecular weight excluding hydrogens is 440 g/mol. The maximum Gasteiger partial charge on any atom is 0.306 e. The predicted molar refractivity (Wildman–Crippen MR) is 106 cm³/mol. The molecule has 11 nitrogen and oxygen atoms in total. The number of hydrogen-bond donors (Lipinski definition) is 6. The molecule has 2 bridgehead atoms. The van der Waals surface area contributed by atoms with Gasteiger partial charge in [0, 0.05) is 28.7 Å². The Morgan fingerprint density at radius 1 is 1.03 bits per heavy atom. The van der Waals surface area contributed by atoms with E-state index in [-0.39, 0.29) is 28.7 Å². The number of hydrogen-bond acceptors (Lipinski definition) is 10. The van der Waals surface area contributed by atoms with Crippen LogP contribution in [0.25, 0.3) is 0 Å². The van der Waals surface area contributed by atoms with Gasteiger partial charge >= 0.3 is 5.97 Å². The fraction of sp³-hybridized carbons (Fsp3) is 0.500. The number of carboxylic acids is 1. The van der Waals surface area contributed by atoms with Crippen LogP contribution in [-0.2, 0) is 14.3 Å². The third kappa shape index (κ3) is 2.59.